The molecule has 0 radical (unpaired) electrons. The van der Waals surface area contributed by atoms with E-state index in [1.54, 1.807) is 6.07 Å². The maximum absolute atomic E-state index is 5.92. The van der Waals surface area contributed by atoms with Gasteiger partial charge in [-0.15, -0.1) is 10.2 Å². The molecule has 2 aromatic heterocycles. The van der Waals surface area contributed by atoms with Gasteiger partial charge in [0.15, 0.2) is 5.65 Å². The van der Waals surface area contributed by atoms with Gasteiger partial charge in [0.2, 0.25) is 0 Å². The van der Waals surface area contributed by atoms with Gasteiger partial charge >= 0.3 is 0 Å². The molecule has 2 aromatic rings. The molecule has 0 saturated heterocycles. The summed E-state index contributed by atoms with van der Waals surface area (Å²) in [5.41, 5.74) is 7.07. The molecular formula is C9H9ClN4. The molecule has 1 fully saturated rings. The molecule has 0 aliphatic heterocycles. The molecule has 0 spiro atoms. The zero-order valence-electron chi connectivity index (χ0n) is 7.44. The number of halogens is 1. The predicted octanol–water partition coefficient (Wildman–Crippen LogP) is 1.84. The van der Waals surface area contributed by atoms with Crippen molar-refractivity contribution in [2.24, 2.45) is 0 Å². The Morgan fingerprint density at radius 1 is 1.43 bits per heavy atom. The first-order valence-corrected chi connectivity index (χ1v) is 4.93. The number of aromatic nitrogens is 3. The third kappa shape index (κ3) is 1.07. The molecule has 0 amide bonds. The van der Waals surface area contributed by atoms with Crippen LogP contribution in [-0.2, 0) is 0 Å². The Kier molecular flexibility index (Phi) is 1.50. The van der Waals surface area contributed by atoms with E-state index in [0.717, 1.165) is 5.82 Å². The van der Waals surface area contributed by atoms with Crippen LogP contribution in [0.4, 0.5) is 5.69 Å². The van der Waals surface area contributed by atoms with E-state index in [9.17, 15) is 0 Å². The normalized spacial score (nSPS) is 16.4. The summed E-state index contributed by atoms with van der Waals surface area (Å²) in [6.07, 6.45) is 4.20. The summed E-state index contributed by atoms with van der Waals surface area (Å²) in [5.74, 6) is 1.53. The van der Waals surface area contributed by atoms with Crippen molar-refractivity contribution in [3.63, 3.8) is 0 Å². The Morgan fingerprint density at radius 2 is 2.21 bits per heavy atom. The van der Waals surface area contributed by atoms with Crippen LogP contribution in [0.5, 0.6) is 0 Å². The molecule has 0 bridgehead atoms. The van der Waals surface area contributed by atoms with E-state index < -0.39 is 0 Å². The van der Waals surface area contributed by atoms with Gasteiger partial charge < -0.3 is 5.73 Å². The third-order valence-corrected chi connectivity index (χ3v) is 2.68. The fourth-order valence-electron chi connectivity index (χ4n) is 1.62. The first-order valence-electron chi connectivity index (χ1n) is 4.55. The molecule has 2 heterocycles. The second kappa shape index (κ2) is 2.60. The van der Waals surface area contributed by atoms with E-state index in [0.29, 0.717) is 22.3 Å². The van der Waals surface area contributed by atoms with Crippen LogP contribution in [-0.4, -0.2) is 14.6 Å². The number of pyridine rings is 1. The van der Waals surface area contributed by atoms with Crippen molar-refractivity contribution in [2.75, 3.05) is 5.73 Å². The SMILES string of the molecule is Nc1cc(Cl)cn2c(C3CC3)nnc12. The molecule has 1 aliphatic rings. The quantitative estimate of drug-likeness (QED) is 0.778. The summed E-state index contributed by atoms with van der Waals surface area (Å²) in [6, 6.07) is 1.70. The fraction of sp³-hybridized carbons (Fsp3) is 0.333. The summed E-state index contributed by atoms with van der Waals surface area (Å²) < 4.78 is 1.90. The van der Waals surface area contributed by atoms with Gasteiger partial charge in [0, 0.05) is 12.1 Å². The van der Waals surface area contributed by atoms with Gasteiger partial charge in [0.25, 0.3) is 0 Å². The highest BCUT2D eigenvalue weighted by Crippen LogP contribution is 2.39. The van der Waals surface area contributed by atoms with Gasteiger partial charge in [-0.05, 0) is 18.9 Å². The molecule has 72 valence electrons. The van der Waals surface area contributed by atoms with Crippen molar-refractivity contribution in [1.29, 1.82) is 0 Å². The van der Waals surface area contributed by atoms with Crippen LogP contribution in [0.2, 0.25) is 5.02 Å². The van der Waals surface area contributed by atoms with Crippen molar-refractivity contribution in [2.45, 2.75) is 18.8 Å². The van der Waals surface area contributed by atoms with Gasteiger partial charge in [-0.2, -0.15) is 0 Å². The van der Waals surface area contributed by atoms with Crippen LogP contribution < -0.4 is 5.73 Å². The second-order valence-corrected chi connectivity index (χ2v) is 4.08. The molecule has 5 heteroatoms. The van der Waals surface area contributed by atoms with Crippen molar-refractivity contribution in [1.82, 2.24) is 14.6 Å². The smallest absolute Gasteiger partial charge is 0.184 e. The van der Waals surface area contributed by atoms with E-state index in [4.69, 9.17) is 17.3 Å². The van der Waals surface area contributed by atoms with Gasteiger partial charge in [0.1, 0.15) is 5.82 Å². The van der Waals surface area contributed by atoms with Gasteiger partial charge in [0.05, 0.1) is 10.7 Å². The van der Waals surface area contributed by atoms with Crippen molar-refractivity contribution >= 4 is 22.9 Å². The molecule has 1 saturated carbocycles. The summed E-state index contributed by atoms with van der Waals surface area (Å²) in [4.78, 5) is 0. The molecule has 3 rings (SSSR count). The average Bonchev–Trinajstić information content (AvgIpc) is 2.87. The lowest BCUT2D eigenvalue weighted by Gasteiger charge is -2.00. The van der Waals surface area contributed by atoms with E-state index in [2.05, 4.69) is 10.2 Å². The van der Waals surface area contributed by atoms with Crippen molar-refractivity contribution in [3.05, 3.63) is 23.1 Å². The first-order chi connectivity index (χ1) is 6.75. The first kappa shape index (κ1) is 8.05. The molecule has 0 unspecified atom stereocenters. The minimum absolute atomic E-state index is 0.544. The van der Waals surface area contributed by atoms with Gasteiger partial charge in [-0.25, -0.2) is 0 Å². The molecule has 4 nitrogen and oxygen atoms in total. The highest BCUT2D eigenvalue weighted by Gasteiger charge is 2.28. The lowest BCUT2D eigenvalue weighted by molar-refractivity contribution is 0.897. The number of nitrogens with zero attached hydrogens (tertiary/aromatic N) is 3. The molecule has 2 N–H and O–H groups in total. The molecule has 0 atom stereocenters. The lowest BCUT2D eigenvalue weighted by Crippen LogP contribution is -1.95. The molecule has 14 heavy (non-hydrogen) atoms. The Hall–Kier alpha value is -1.29. The highest BCUT2D eigenvalue weighted by molar-refractivity contribution is 6.30. The van der Waals surface area contributed by atoms with Crippen LogP contribution in [0.15, 0.2) is 12.3 Å². The summed E-state index contributed by atoms with van der Waals surface area (Å²) in [6.45, 7) is 0. The van der Waals surface area contributed by atoms with E-state index in [1.165, 1.54) is 12.8 Å². The van der Waals surface area contributed by atoms with Crippen molar-refractivity contribution in [3.8, 4) is 0 Å². The van der Waals surface area contributed by atoms with E-state index >= 15 is 0 Å². The van der Waals surface area contributed by atoms with Crippen LogP contribution >= 0.6 is 11.6 Å². The predicted molar refractivity (Wildman–Crippen MR) is 54.4 cm³/mol. The van der Waals surface area contributed by atoms with Crippen LogP contribution in [0, 0.1) is 0 Å². The van der Waals surface area contributed by atoms with Crippen LogP contribution in [0.3, 0.4) is 0 Å². The van der Waals surface area contributed by atoms with Crippen molar-refractivity contribution < 1.29 is 0 Å². The number of fused-ring (bicyclic) bond motifs is 1. The van der Waals surface area contributed by atoms with Crippen LogP contribution in [0.1, 0.15) is 24.6 Å². The Labute approximate surface area is 85.7 Å². The maximum atomic E-state index is 5.92. The Bertz CT molecular complexity index is 501. The Balaban J connectivity index is 2.33. The highest BCUT2D eigenvalue weighted by atomic mass is 35.5. The zero-order valence-corrected chi connectivity index (χ0v) is 8.20. The third-order valence-electron chi connectivity index (χ3n) is 2.47. The number of anilines is 1. The fourth-order valence-corrected chi connectivity index (χ4v) is 1.84. The largest absolute Gasteiger partial charge is 0.396 e. The molecular weight excluding hydrogens is 200 g/mol. The molecule has 1 aliphatic carbocycles. The minimum Gasteiger partial charge on any atom is -0.396 e. The number of hydrogen-bond donors (Lipinski definition) is 1. The Morgan fingerprint density at radius 3 is 2.93 bits per heavy atom. The average molecular weight is 209 g/mol. The van der Waals surface area contributed by atoms with Crippen LogP contribution in [0.25, 0.3) is 5.65 Å². The summed E-state index contributed by atoms with van der Waals surface area (Å²) in [7, 11) is 0. The summed E-state index contributed by atoms with van der Waals surface area (Å²) >= 11 is 5.92. The number of nitrogens with two attached hydrogens (primary N) is 1. The zero-order chi connectivity index (χ0) is 9.71. The standard InChI is InChI=1S/C9H9ClN4/c10-6-3-7(11)9-13-12-8(5-1-2-5)14(9)4-6/h3-5H,1-2,11H2. The number of rotatable bonds is 1. The number of hydrogen-bond acceptors (Lipinski definition) is 3. The van der Waals surface area contributed by atoms with Gasteiger partial charge in [-0.3, -0.25) is 4.40 Å². The molecule has 0 aromatic carbocycles. The monoisotopic (exact) mass is 208 g/mol. The summed E-state index contributed by atoms with van der Waals surface area (Å²) in [5, 5.41) is 8.81. The van der Waals surface area contributed by atoms with E-state index in [1.807, 2.05) is 10.6 Å². The maximum Gasteiger partial charge on any atom is 0.184 e. The van der Waals surface area contributed by atoms with Gasteiger partial charge in [-0.1, -0.05) is 11.6 Å². The number of nitrogen functional groups attached to an aromatic ring is 1. The second-order valence-electron chi connectivity index (χ2n) is 3.64. The van der Waals surface area contributed by atoms with E-state index in [-0.39, 0.29) is 0 Å². The lowest BCUT2D eigenvalue weighted by atomic mass is 10.3. The minimum atomic E-state index is 0.544. The topological polar surface area (TPSA) is 56.2 Å².